The highest BCUT2D eigenvalue weighted by atomic mass is 16.5. The third-order valence-corrected chi connectivity index (χ3v) is 4.28. The summed E-state index contributed by atoms with van der Waals surface area (Å²) in [5.74, 6) is -0.332. The molecule has 160 valence electrons. The Kier molecular flexibility index (Phi) is 9.37. The number of ether oxygens (including phenoxy) is 2. The topological polar surface area (TPSA) is 93.7 Å². The summed E-state index contributed by atoms with van der Waals surface area (Å²) in [6, 6.07) is 16.4. The molecule has 2 aromatic rings. The van der Waals surface area contributed by atoms with Gasteiger partial charge in [-0.2, -0.15) is 0 Å². The van der Waals surface area contributed by atoms with Crippen LogP contribution in [0.2, 0.25) is 0 Å². The van der Waals surface area contributed by atoms with Crippen LogP contribution in [0.25, 0.3) is 0 Å². The molecule has 0 bridgehead atoms. The molecule has 7 heteroatoms. The molecule has 0 aliphatic carbocycles. The molecule has 30 heavy (non-hydrogen) atoms. The summed E-state index contributed by atoms with van der Waals surface area (Å²) in [4.78, 5) is 35.7. The van der Waals surface area contributed by atoms with Crippen LogP contribution in [0.15, 0.2) is 54.6 Å². The van der Waals surface area contributed by atoms with Gasteiger partial charge in [-0.3, -0.25) is 14.4 Å². The molecule has 2 aromatic carbocycles. The summed E-state index contributed by atoms with van der Waals surface area (Å²) in [5.41, 5.74) is 1.63. The van der Waals surface area contributed by atoms with E-state index in [1.807, 2.05) is 44.2 Å². The highest BCUT2D eigenvalue weighted by Crippen LogP contribution is 2.16. The van der Waals surface area contributed by atoms with Crippen LogP contribution in [-0.2, 0) is 19.1 Å². The Morgan fingerprint density at radius 2 is 1.63 bits per heavy atom. The Morgan fingerprint density at radius 3 is 2.30 bits per heavy atom. The lowest BCUT2D eigenvalue weighted by Crippen LogP contribution is -2.31. The predicted molar refractivity (Wildman–Crippen MR) is 114 cm³/mol. The smallest absolute Gasteiger partial charge is 0.306 e. The number of carbonyl (C=O) groups excluding carboxylic acids is 3. The molecule has 0 radical (unpaired) electrons. The number of esters is 1. The van der Waals surface area contributed by atoms with E-state index >= 15 is 0 Å². The highest BCUT2D eigenvalue weighted by molar-refractivity contribution is 5.91. The molecule has 2 rings (SSSR count). The van der Waals surface area contributed by atoms with Crippen molar-refractivity contribution in [2.24, 2.45) is 0 Å². The van der Waals surface area contributed by atoms with E-state index in [2.05, 4.69) is 10.6 Å². The van der Waals surface area contributed by atoms with Gasteiger partial charge in [0.15, 0.2) is 6.61 Å². The Balaban J connectivity index is 1.61. The minimum Gasteiger partial charge on any atom is -0.494 e. The molecule has 0 spiro atoms. The molecule has 0 unspecified atom stereocenters. The highest BCUT2D eigenvalue weighted by Gasteiger charge is 2.12. The van der Waals surface area contributed by atoms with E-state index in [1.54, 1.807) is 24.3 Å². The minimum atomic E-state index is -0.508. The molecule has 0 saturated carbocycles. The van der Waals surface area contributed by atoms with E-state index in [0.717, 1.165) is 11.3 Å². The zero-order chi connectivity index (χ0) is 21.8. The first-order valence-electron chi connectivity index (χ1n) is 10.0. The number of hydrogen-bond donors (Lipinski definition) is 2. The third kappa shape index (κ3) is 8.34. The SMILES string of the molecule is CCOc1ccc(NC(=O)CCCC(=O)OCC(=O)N[C@@H](C)c2ccccc2)cc1. The zero-order valence-electron chi connectivity index (χ0n) is 17.4. The molecule has 2 amide bonds. The van der Waals surface area contributed by atoms with E-state index < -0.39 is 5.97 Å². The fourth-order valence-electron chi connectivity index (χ4n) is 2.74. The first kappa shape index (κ1) is 22.9. The fraction of sp³-hybridized carbons (Fsp3) is 0.348. The van der Waals surface area contributed by atoms with Crippen molar-refractivity contribution in [1.29, 1.82) is 0 Å². The minimum absolute atomic E-state index is 0.0677. The Bertz CT molecular complexity index is 821. The van der Waals surface area contributed by atoms with E-state index in [0.29, 0.717) is 18.7 Å². The molecular weight excluding hydrogens is 384 g/mol. The summed E-state index contributed by atoms with van der Waals surface area (Å²) >= 11 is 0. The fourth-order valence-corrected chi connectivity index (χ4v) is 2.74. The molecule has 0 saturated heterocycles. The summed E-state index contributed by atoms with van der Waals surface area (Å²) in [6.45, 7) is 4.00. The monoisotopic (exact) mass is 412 g/mol. The van der Waals surface area contributed by atoms with Crippen LogP contribution in [0, 0.1) is 0 Å². The third-order valence-electron chi connectivity index (χ3n) is 4.28. The summed E-state index contributed by atoms with van der Waals surface area (Å²) in [7, 11) is 0. The zero-order valence-corrected chi connectivity index (χ0v) is 17.4. The van der Waals surface area contributed by atoms with Crippen LogP contribution in [0.1, 0.15) is 44.7 Å². The molecule has 0 aliphatic rings. The van der Waals surface area contributed by atoms with Crippen molar-refractivity contribution in [3.63, 3.8) is 0 Å². The summed E-state index contributed by atoms with van der Waals surface area (Å²) in [6.07, 6.45) is 0.585. The van der Waals surface area contributed by atoms with Crippen molar-refractivity contribution in [3.05, 3.63) is 60.2 Å². The molecule has 0 aromatic heterocycles. The van der Waals surface area contributed by atoms with Crippen molar-refractivity contribution in [2.45, 2.75) is 39.2 Å². The van der Waals surface area contributed by atoms with Gasteiger partial charge in [0.2, 0.25) is 5.91 Å². The van der Waals surface area contributed by atoms with Crippen molar-refractivity contribution < 1.29 is 23.9 Å². The number of benzene rings is 2. The van der Waals surface area contributed by atoms with E-state index in [9.17, 15) is 14.4 Å². The van der Waals surface area contributed by atoms with Crippen LogP contribution in [0.4, 0.5) is 5.69 Å². The van der Waals surface area contributed by atoms with Gasteiger partial charge in [-0.15, -0.1) is 0 Å². The van der Waals surface area contributed by atoms with Crippen molar-refractivity contribution >= 4 is 23.5 Å². The number of nitrogens with one attached hydrogen (secondary N) is 2. The van der Waals surface area contributed by atoms with Crippen molar-refractivity contribution in [3.8, 4) is 5.75 Å². The first-order chi connectivity index (χ1) is 14.5. The van der Waals surface area contributed by atoms with Gasteiger partial charge in [-0.25, -0.2) is 0 Å². The second-order valence-electron chi connectivity index (χ2n) is 6.72. The van der Waals surface area contributed by atoms with Crippen LogP contribution in [0.3, 0.4) is 0 Å². The van der Waals surface area contributed by atoms with E-state index in [-0.39, 0.29) is 37.3 Å². The van der Waals surface area contributed by atoms with Gasteiger partial charge in [-0.1, -0.05) is 30.3 Å². The van der Waals surface area contributed by atoms with Crippen LogP contribution < -0.4 is 15.4 Å². The number of anilines is 1. The lowest BCUT2D eigenvalue weighted by molar-refractivity contribution is -0.148. The maximum Gasteiger partial charge on any atom is 0.306 e. The van der Waals surface area contributed by atoms with Crippen LogP contribution in [0.5, 0.6) is 5.75 Å². The molecular formula is C23H28N2O5. The lowest BCUT2D eigenvalue weighted by atomic mass is 10.1. The maximum atomic E-state index is 12.0. The second-order valence-corrected chi connectivity index (χ2v) is 6.72. The van der Waals surface area contributed by atoms with Crippen molar-refractivity contribution in [1.82, 2.24) is 5.32 Å². The number of amides is 2. The van der Waals surface area contributed by atoms with E-state index in [1.165, 1.54) is 0 Å². The quantitative estimate of drug-likeness (QED) is 0.550. The van der Waals surface area contributed by atoms with Crippen LogP contribution in [-0.4, -0.2) is 31.0 Å². The van der Waals surface area contributed by atoms with Gasteiger partial charge < -0.3 is 20.1 Å². The molecule has 2 N–H and O–H groups in total. The second kappa shape index (κ2) is 12.3. The molecule has 0 heterocycles. The normalized spacial score (nSPS) is 11.3. The Hall–Kier alpha value is -3.35. The molecule has 7 nitrogen and oxygen atoms in total. The summed E-state index contributed by atoms with van der Waals surface area (Å²) < 4.78 is 10.3. The Morgan fingerprint density at radius 1 is 0.933 bits per heavy atom. The van der Waals surface area contributed by atoms with E-state index in [4.69, 9.17) is 9.47 Å². The average molecular weight is 412 g/mol. The number of rotatable bonds is 11. The maximum absolute atomic E-state index is 12.0. The van der Waals surface area contributed by atoms with Gasteiger partial charge in [0.25, 0.3) is 5.91 Å². The number of hydrogen-bond acceptors (Lipinski definition) is 5. The summed E-state index contributed by atoms with van der Waals surface area (Å²) in [5, 5.41) is 5.54. The molecule has 0 aliphatic heterocycles. The largest absolute Gasteiger partial charge is 0.494 e. The lowest BCUT2D eigenvalue weighted by Gasteiger charge is -2.14. The predicted octanol–water partition coefficient (Wildman–Crippen LogP) is 3.61. The van der Waals surface area contributed by atoms with Gasteiger partial charge in [0.1, 0.15) is 5.75 Å². The van der Waals surface area contributed by atoms with Gasteiger partial charge in [0, 0.05) is 18.5 Å². The molecule has 0 fully saturated rings. The van der Waals surface area contributed by atoms with Gasteiger partial charge in [-0.05, 0) is 50.1 Å². The van der Waals surface area contributed by atoms with Crippen molar-refractivity contribution in [2.75, 3.05) is 18.5 Å². The number of carbonyl (C=O) groups is 3. The standard InChI is InChI=1S/C23H28N2O5/c1-3-29-20-14-12-19(13-15-20)25-21(26)10-7-11-23(28)30-16-22(27)24-17(2)18-8-5-4-6-9-18/h4-6,8-9,12-15,17H,3,7,10-11,16H2,1-2H3,(H,24,27)(H,25,26)/t17-/m0/s1. The first-order valence-corrected chi connectivity index (χ1v) is 10.0. The van der Waals surface area contributed by atoms with Gasteiger partial charge >= 0.3 is 5.97 Å². The average Bonchev–Trinajstić information content (AvgIpc) is 2.74. The Labute approximate surface area is 176 Å². The van der Waals surface area contributed by atoms with Crippen LogP contribution >= 0.6 is 0 Å². The van der Waals surface area contributed by atoms with Gasteiger partial charge in [0.05, 0.1) is 12.6 Å². The molecule has 1 atom stereocenters.